The van der Waals surface area contributed by atoms with Gasteiger partial charge in [0, 0.05) is 0 Å². The Bertz CT molecular complexity index is 605. The van der Waals surface area contributed by atoms with E-state index in [2.05, 4.69) is 0 Å². The molecule has 0 spiro atoms. The summed E-state index contributed by atoms with van der Waals surface area (Å²) < 4.78 is 5.26. The molecule has 0 aliphatic heterocycles. The van der Waals surface area contributed by atoms with Crippen LogP contribution < -0.4 is 0 Å². The highest BCUT2D eigenvalue weighted by Crippen LogP contribution is 2.22. The van der Waals surface area contributed by atoms with Crippen molar-refractivity contribution in [1.82, 2.24) is 0 Å². The standard InChI is InChI=1S/C16H13NO3/c17-11-14(18)15(12-7-3-1-4-8-12)20-16(19)13-9-5-2-6-10-13/h1-10,14-15,18H. The third kappa shape index (κ3) is 3.22. The molecule has 0 radical (unpaired) electrons. The van der Waals surface area contributed by atoms with Crippen LogP contribution in [0.1, 0.15) is 22.0 Å². The zero-order chi connectivity index (χ0) is 14.4. The SMILES string of the molecule is N#CC(O)C(OC(=O)c1ccccc1)c1ccccc1. The molecule has 0 amide bonds. The van der Waals surface area contributed by atoms with E-state index in [1.807, 2.05) is 0 Å². The van der Waals surface area contributed by atoms with Gasteiger partial charge in [-0.2, -0.15) is 5.26 Å². The monoisotopic (exact) mass is 267 g/mol. The maximum absolute atomic E-state index is 12.0. The average Bonchev–Trinajstić information content (AvgIpc) is 2.53. The molecule has 20 heavy (non-hydrogen) atoms. The van der Waals surface area contributed by atoms with Gasteiger partial charge in [0.2, 0.25) is 0 Å². The first-order chi connectivity index (χ1) is 9.72. The number of aliphatic hydroxyl groups excluding tert-OH is 1. The highest BCUT2D eigenvalue weighted by Gasteiger charge is 2.25. The summed E-state index contributed by atoms with van der Waals surface area (Å²) in [5.74, 6) is -0.575. The van der Waals surface area contributed by atoms with Crippen molar-refractivity contribution >= 4 is 5.97 Å². The van der Waals surface area contributed by atoms with Crippen molar-refractivity contribution in [3.63, 3.8) is 0 Å². The Morgan fingerprint density at radius 2 is 1.60 bits per heavy atom. The van der Waals surface area contributed by atoms with Gasteiger partial charge in [-0.3, -0.25) is 0 Å². The molecule has 0 saturated heterocycles. The molecule has 0 aliphatic carbocycles. The molecule has 0 bridgehead atoms. The second-order valence-corrected chi connectivity index (χ2v) is 4.18. The lowest BCUT2D eigenvalue weighted by atomic mass is 10.1. The van der Waals surface area contributed by atoms with Gasteiger partial charge >= 0.3 is 5.97 Å². The van der Waals surface area contributed by atoms with Crippen molar-refractivity contribution in [3.05, 3.63) is 71.8 Å². The molecule has 0 saturated carbocycles. The summed E-state index contributed by atoms with van der Waals surface area (Å²) in [4.78, 5) is 12.0. The minimum Gasteiger partial charge on any atom is -0.450 e. The molecule has 2 aromatic carbocycles. The fraction of sp³-hybridized carbons (Fsp3) is 0.125. The van der Waals surface area contributed by atoms with Crippen LogP contribution in [0.15, 0.2) is 60.7 Å². The van der Waals surface area contributed by atoms with Crippen molar-refractivity contribution in [2.24, 2.45) is 0 Å². The number of nitrogens with zero attached hydrogens (tertiary/aromatic N) is 1. The van der Waals surface area contributed by atoms with Crippen LogP contribution in [0, 0.1) is 11.3 Å². The molecular weight excluding hydrogens is 254 g/mol. The fourth-order valence-corrected chi connectivity index (χ4v) is 1.78. The molecule has 2 unspecified atom stereocenters. The predicted octanol–water partition coefficient (Wildman–Crippen LogP) is 2.47. The Balaban J connectivity index is 2.22. The minimum atomic E-state index is -1.41. The lowest BCUT2D eigenvalue weighted by Crippen LogP contribution is -2.22. The number of nitriles is 1. The van der Waals surface area contributed by atoms with Gasteiger partial charge in [0.05, 0.1) is 11.6 Å². The zero-order valence-electron chi connectivity index (χ0n) is 10.6. The Hall–Kier alpha value is -2.64. The number of esters is 1. The van der Waals surface area contributed by atoms with E-state index in [4.69, 9.17) is 10.00 Å². The van der Waals surface area contributed by atoms with Crippen LogP contribution in [0.4, 0.5) is 0 Å². The molecule has 0 aliphatic rings. The number of ether oxygens (including phenoxy) is 1. The van der Waals surface area contributed by atoms with E-state index in [9.17, 15) is 9.90 Å². The number of aliphatic hydroxyl groups is 1. The minimum absolute atomic E-state index is 0.374. The van der Waals surface area contributed by atoms with E-state index in [0.29, 0.717) is 11.1 Å². The fourth-order valence-electron chi connectivity index (χ4n) is 1.78. The lowest BCUT2D eigenvalue weighted by molar-refractivity contribution is -0.00284. The summed E-state index contributed by atoms with van der Waals surface area (Å²) in [6, 6.07) is 18.9. The summed E-state index contributed by atoms with van der Waals surface area (Å²) in [5.41, 5.74) is 0.949. The van der Waals surface area contributed by atoms with Crippen LogP contribution in [-0.4, -0.2) is 17.2 Å². The largest absolute Gasteiger partial charge is 0.450 e. The zero-order valence-corrected chi connectivity index (χ0v) is 10.6. The maximum atomic E-state index is 12.0. The van der Waals surface area contributed by atoms with Crippen LogP contribution in [0.2, 0.25) is 0 Å². The topological polar surface area (TPSA) is 70.3 Å². The molecule has 2 rings (SSSR count). The number of hydrogen-bond acceptors (Lipinski definition) is 4. The third-order valence-electron chi connectivity index (χ3n) is 2.79. The number of benzene rings is 2. The Labute approximate surface area is 116 Å². The first kappa shape index (κ1) is 13.8. The van der Waals surface area contributed by atoms with Gasteiger partial charge in [-0.05, 0) is 17.7 Å². The van der Waals surface area contributed by atoms with Crippen molar-refractivity contribution in [1.29, 1.82) is 5.26 Å². The van der Waals surface area contributed by atoms with Gasteiger partial charge in [-0.15, -0.1) is 0 Å². The summed E-state index contributed by atoms with van der Waals surface area (Å²) in [6.45, 7) is 0. The van der Waals surface area contributed by atoms with Gasteiger partial charge in [0.1, 0.15) is 0 Å². The molecular formula is C16H13NO3. The molecule has 0 aromatic heterocycles. The molecule has 1 N–H and O–H groups in total. The van der Waals surface area contributed by atoms with Crippen LogP contribution in [-0.2, 0) is 4.74 Å². The normalized spacial score (nSPS) is 13.0. The summed E-state index contributed by atoms with van der Waals surface area (Å²) in [6.07, 6.45) is -2.42. The highest BCUT2D eigenvalue weighted by molar-refractivity contribution is 5.89. The van der Waals surface area contributed by atoms with E-state index in [0.717, 1.165) is 0 Å². The number of hydrogen-bond donors (Lipinski definition) is 1. The predicted molar refractivity (Wildman–Crippen MR) is 72.7 cm³/mol. The Morgan fingerprint density at radius 1 is 1.05 bits per heavy atom. The van der Waals surface area contributed by atoms with Crippen molar-refractivity contribution in [3.8, 4) is 6.07 Å². The summed E-state index contributed by atoms with van der Waals surface area (Å²) >= 11 is 0. The lowest BCUT2D eigenvalue weighted by Gasteiger charge is -2.19. The van der Waals surface area contributed by atoms with E-state index in [1.165, 1.54) is 0 Å². The number of rotatable bonds is 4. The van der Waals surface area contributed by atoms with Crippen molar-refractivity contribution in [2.45, 2.75) is 12.2 Å². The van der Waals surface area contributed by atoms with Crippen LogP contribution in [0.3, 0.4) is 0 Å². The Morgan fingerprint density at radius 3 is 2.15 bits per heavy atom. The van der Waals surface area contributed by atoms with E-state index >= 15 is 0 Å². The maximum Gasteiger partial charge on any atom is 0.338 e. The highest BCUT2D eigenvalue weighted by atomic mass is 16.6. The average molecular weight is 267 g/mol. The molecule has 2 aromatic rings. The molecule has 0 heterocycles. The summed E-state index contributed by atoms with van der Waals surface area (Å²) in [5, 5.41) is 18.6. The van der Waals surface area contributed by atoms with Crippen LogP contribution in [0.5, 0.6) is 0 Å². The van der Waals surface area contributed by atoms with E-state index in [1.54, 1.807) is 66.7 Å². The molecule has 100 valence electrons. The molecule has 4 nitrogen and oxygen atoms in total. The smallest absolute Gasteiger partial charge is 0.338 e. The van der Waals surface area contributed by atoms with Crippen LogP contribution >= 0.6 is 0 Å². The van der Waals surface area contributed by atoms with Gasteiger partial charge in [0.25, 0.3) is 0 Å². The van der Waals surface area contributed by atoms with Crippen LogP contribution in [0.25, 0.3) is 0 Å². The number of carbonyl (C=O) groups is 1. The van der Waals surface area contributed by atoms with Crippen molar-refractivity contribution < 1.29 is 14.6 Å². The summed E-state index contributed by atoms with van der Waals surface area (Å²) in [7, 11) is 0. The number of carbonyl (C=O) groups excluding carboxylic acids is 1. The molecule has 2 atom stereocenters. The molecule has 4 heteroatoms. The van der Waals surface area contributed by atoms with Gasteiger partial charge in [-0.25, -0.2) is 4.79 Å². The second-order valence-electron chi connectivity index (χ2n) is 4.18. The first-order valence-corrected chi connectivity index (χ1v) is 6.11. The van der Waals surface area contributed by atoms with E-state index < -0.39 is 18.2 Å². The second kappa shape index (κ2) is 6.50. The quantitative estimate of drug-likeness (QED) is 0.682. The van der Waals surface area contributed by atoms with Gasteiger partial charge in [-0.1, -0.05) is 48.5 Å². The Kier molecular flexibility index (Phi) is 4.48. The van der Waals surface area contributed by atoms with Gasteiger partial charge < -0.3 is 9.84 Å². The van der Waals surface area contributed by atoms with E-state index in [-0.39, 0.29) is 0 Å². The van der Waals surface area contributed by atoms with Crippen molar-refractivity contribution in [2.75, 3.05) is 0 Å². The van der Waals surface area contributed by atoms with Gasteiger partial charge in [0.15, 0.2) is 12.2 Å². The third-order valence-corrected chi connectivity index (χ3v) is 2.79. The molecule has 0 fully saturated rings. The first-order valence-electron chi connectivity index (χ1n) is 6.11.